The van der Waals surface area contributed by atoms with Crippen molar-refractivity contribution in [2.75, 3.05) is 23.7 Å². The Bertz CT molecular complexity index is 1510. The Morgan fingerprint density at radius 3 is 2.21 bits per heavy atom. The van der Waals surface area contributed by atoms with Gasteiger partial charge in [-0.3, -0.25) is 13.9 Å². The zero-order chi connectivity index (χ0) is 31.1. The molecular formula is C29H30Cl2F3N3O4S. The first-order valence-electron chi connectivity index (χ1n) is 12.9. The second-order valence-corrected chi connectivity index (χ2v) is 12.3. The van der Waals surface area contributed by atoms with Crippen molar-refractivity contribution in [3.05, 3.63) is 99.5 Å². The van der Waals surface area contributed by atoms with E-state index in [2.05, 4.69) is 5.32 Å². The van der Waals surface area contributed by atoms with Crippen molar-refractivity contribution >= 4 is 50.7 Å². The zero-order valence-electron chi connectivity index (χ0n) is 22.9. The quantitative estimate of drug-likeness (QED) is 0.264. The number of nitrogens with one attached hydrogen (secondary N) is 1. The fourth-order valence-corrected chi connectivity index (χ4v) is 5.53. The van der Waals surface area contributed by atoms with Gasteiger partial charge in [-0.2, -0.15) is 13.2 Å². The molecule has 2 amide bonds. The number of hydrogen-bond acceptors (Lipinski definition) is 4. The summed E-state index contributed by atoms with van der Waals surface area (Å²) in [5.41, 5.74) is -0.348. The van der Waals surface area contributed by atoms with Gasteiger partial charge in [-0.1, -0.05) is 72.6 Å². The third-order valence-corrected chi connectivity index (χ3v) is 7.99. The highest BCUT2D eigenvalue weighted by Gasteiger charge is 2.36. The van der Waals surface area contributed by atoms with Crippen LogP contribution in [0.3, 0.4) is 0 Å². The summed E-state index contributed by atoms with van der Waals surface area (Å²) in [6.07, 6.45) is -3.36. The smallest absolute Gasteiger partial charge is 0.354 e. The van der Waals surface area contributed by atoms with E-state index in [4.69, 9.17) is 23.2 Å². The highest BCUT2D eigenvalue weighted by molar-refractivity contribution is 7.92. The van der Waals surface area contributed by atoms with Crippen molar-refractivity contribution in [2.24, 2.45) is 0 Å². The molecule has 0 saturated carbocycles. The molecule has 0 fully saturated rings. The average molecular weight is 645 g/mol. The first-order chi connectivity index (χ1) is 19.7. The predicted molar refractivity (Wildman–Crippen MR) is 158 cm³/mol. The molecule has 0 aliphatic carbocycles. The lowest BCUT2D eigenvalue weighted by atomic mass is 10.0. The first kappa shape index (κ1) is 33.2. The second kappa shape index (κ2) is 14.3. The van der Waals surface area contributed by atoms with Gasteiger partial charge in [0.1, 0.15) is 12.6 Å². The van der Waals surface area contributed by atoms with Crippen molar-refractivity contribution in [3.8, 4) is 0 Å². The molecule has 3 rings (SSSR count). The molecule has 0 radical (unpaired) electrons. The van der Waals surface area contributed by atoms with Crippen LogP contribution in [0.25, 0.3) is 0 Å². The van der Waals surface area contributed by atoms with Crippen LogP contribution < -0.4 is 9.62 Å². The normalized spacial score (nSPS) is 12.5. The number of carbonyl (C=O) groups is 2. The molecule has 42 heavy (non-hydrogen) atoms. The molecule has 0 aliphatic heterocycles. The molecule has 1 N–H and O–H groups in total. The maximum absolute atomic E-state index is 14.0. The van der Waals surface area contributed by atoms with Crippen molar-refractivity contribution in [3.63, 3.8) is 0 Å². The molecule has 0 heterocycles. The van der Waals surface area contributed by atoms with Crippen LogP contribution in [-0.4, -0.2) is 50.5 Å². The van der Waals surface area contributed by atoms with Gasteiger partial charge in [-0.25, -0.2) is 8.42 Å². The van der Waals surface area contributed by atoms with E-state index in [9.17, 15) is 31.2 Å². The van der Waals surface area contributed by atoms with E-state index in [1.807, 2.05) is 6.92 Å². The minimum atomic E-state index is -4.86. The van der Waals surface area contributed by atoms with Gasteiger partial charge < -0.3 is 10.2 Å². The number of nitrogens with zero attached hydrogens (tertiary/aromatic N) is 2. The Morgan fingerprint density at radius 2 is 1.62 bits per heavy atom. The third kappa shape index (κ3) is 9.11. The number of amides is 2. The molecule has 0 saturated heterocycles. The van der Waals surface area contributed by atoms with E-state index < -0.39 is 56.9 Å². The predicted octanol–water partition coefficient (Wildman–Crippen LogP) is 5.94. The van der Waals surface area contributed by atoms with E-state index in [0.29, 0.717) is 33.9 Å². The van der Waals surface area contributed by atoms with Crippen molar-refractivity contribution < 1.29 is 31.2 Å². The Morgan fingerprint density at radius 1 is 0.952 bits per heavy atom. The van der Waals surface area contributed by atoms with Crippen molar-refractivity contribution in [1.29, 1.82) is 0 Å². The number of benzene rings is 3. The average Bonchev–Trinajstić information content (AvgIpc) is 2.92. The number of anilines is 1. The number of rotatable bonds is 12. The Labute approximate surface area is 253 Å². The lowest BCUT2D eigenvalue weighted by Crippen LogP contribution is -2.53. The van der Waals surface area contributed by atoms with Crippen LogP contribution in [-0.2, 0) is 38.8 Å². The van der Waals surface area contributed by atoms with Crippen LogP contribution >= 0.6 is 23.2 Å². The van der Waals surface area contributed by atoms with Gasteiger partial charge in [0.25, 0.3) is 0 Å². The van der Waals surface area contributed by atoms with E-state index in [-0.39, 0.29) is 13.0 Å². The molecule has 7 nitrogen and oxygen atoms in total. The Hall–Kier alpha value is -3.28. The van der Waals surface area contributed by atoms with E-state index in [0.717, 1.165) is 24.0 Å². The standard InChI is InChI=1S/C29H30Cl2F3N3O4S/c1-3-14-35-28(39)26(16-20-8-5-4-6-9-20)36(18-21-10-7-11-22(30)15-21)27(38)19-37(42(2,40)41)23-12-13-25(31)24(17-23)29(32,33)34/h4-13,15,17,26H,3,14,16,18-19H2,1-2H3,(H,35,39)/t26-/m1/s1. The minimum Gasteiger partial charge on any atom is -0.354 e. The molecule has 0 unspecified atom stereocenters. The van der Waals surface area contributed by atoms with Crippen LogP contribution in [0.5, 0.6) is 0 Å². The maximum atomic E-state index is 14.0. The zero-order valence-corrected chi connectivity index (χ0v) is 25.2. The minimum absolute atomic E-state index is 0.0980. The lowest BCUT2D eigenvalue weighted by Gasteiger charge is -2.33. The molecule has 0 aliphatic rings. The van der Waals surface area contributed by atoms with Gasteiger partial charge in [0.05, 0.1) is 22.5 Å². The maximum Gasteiger partial charge on any atom is 0.417 e. The number of hydrogen-bond donors (Lipinski definition) is 1. The SMILES string of the molecule is CCCNC(=O)[C@@H](Cc1ccccc1)N(Cc1cccc(Cl)c1)C(=O)CN(c1ccc(Cl)c(C(F)(F)F)c1)S(C)(=O)=O. The van der Waals surface area contributed by atoms with Crippen molar-refractivity contribution in [2.45, 2.75) is 38.5 Å². The highest BCUT2D eigenvalue weighted by atomic mass is 35.5. The van der Waals surface area contributed by atoms with E-state index in [1.54, 1.807) is 54.6 Å². The molecule has 0 aromatic heterocycles. The molecule has 13 heteroatoms. The highest BCUT2D eigenvalue weighted by Crippen LogP contribution is 2.37. The second-order valence-electron chi connectivity index (χ2n) is 9.58. The van der Waals surface area contributed by atoms with Gasteiger partial charge in [-0.15, -0.1) is 0 Å². The van der Waals surface area contributed by atoms with Crippen LogP contribution in [0.2, 0.25) is 10.0 Å². The summed E-state index contributed by atoms with van der Waals surface area (Å²) < 4.78 is 66.9. The molecule has 3 aromatic rings. The summed E-state index contributed by atoms with van der Waals surface area (Å²) in [4.78, 5) is 28.7. The summed E-state index contributed by atoms with van der Waals surface area (Å²) in [5.74, 6) is -1.27. The topological polar surface area (TPSA) is 86.8 Å². The first-order valence-corrected chi connectivity index (χ1v) is 15.5. The number of alkyl halides is 3. The third-order valence-electron chi connectivity index (χ3n) is 6.28. The molecule has 0 spiro atoms. The molecule has 3 aromatic carbocycles. The van der Waals surface area contributed by atoms with Gasteiger partial charge >= 0.3 is 6.18 Å². The van der Waals surface area contributed by atoms with E-state index in [1.165, 1.54) is 4.90 Å². The lowest BCUT2D eigenvalue weighted by molar-refractivity contribution is -0.140. The largest absolute Gasteiger partial charge is 0.417 e. The summed E-state index contributed by atoms with van der Waals surface area (Å²) in [5, 5.41) is 2.56. The van der Waals surface area contributed by atoms with Gasteiger partial charge in [0.15, 0.2) is 0 Å². The monoisotopic (exact) mass is 643 g/mol. The summed E-state index contributed by atoms with van der Waals surface area (Å²) >= 11 is 11.9. The van der Waals surface area contributed by atoms with Gasteiger partial charge in [0, 0.05) is 24.5 Å². The van der Waals surface area contributed by atoms with Crippen molar-refractivity contribution in [1.82, 2.24) is 10.2 Å². The van der Waals surface area contributed by atoms with Crippen LogP contribution in [0.4, 0.5) is 18.9 Å². The summed E-state index contributed by atoms with van der Waals surface area (Å²) in [7, 11) is -4.27. The fraction of sp³-hybridized carbons (Fsp3) is 0.310. The molecular weight excluding hydrogens is 614 g/mol. The van der Waals surface area contributed by atoms with E-state index >= 15 is 0 Å². The summed E-state index contributed by atoms with van der Waals surface area (Å²) in [6.45, 7) is 1.21. The van der Waals surface area contributed by atoms with Gasteiger partial charge in [-0.05, 0) is 47.9 Å². The van der Waals surface area contributed by atoms with Crippen LogP contribution in [0.15, 0.2) is 72.8 Å². The number of carbonyl (C=O) groups excluding carboxylic acids is 2. The van der Waals surface area contributed by atoms with Crippen LogP contribution in [0.1, 0.15) is 30.0 Å². The number of sulfonamides is 1. The Kier molecular flexibility index (Phi) is 11.3. The Balaban J connectivity index is 2.09. The van der Waals surface area contributed by atoms with Crippen LogP contribution in [0, 0.1) is 0 Å². The molecule has 1 atom stereocenters. The number of halogens is 5. The van der Waals surface area contributed by atoms with Gasteiger partial charge in [0.2, 0.25) is 21.8 Å². The molecule has 226 valence electrons. The summed E-state index contributed by atoms with van der Waals surface area (Å²) in [6, 6.07) is 17.0. The molecule has 0 bridgehead atoms. The fourth-order valence-electron chi connectivity index (χ4n) is 4.25.